The molecule has 0 aliphatic carbocycles. The molecule has 0 aliphatic rings. The van der Waals surface area contributed by atoms with Crippen molar-refractivity contribution < 1.29 is 4.79 Å². The van der Waals surface area contributed by atoms with Gasteiger partial charge in [0.25, 0.3) is 0 Å². The summed E-state index contributed by atoms with van der Waals surface area (Å²) >= 11 is 0. The SMILES string of the molecule is CC(C)CNC(=O)CCNCc1cccc2cnccc12. The van der Waals surface area contributed by atoms with Crippen molar-refractivity contribution in [2.24, 2.45) is 5.92 Å². The molecule has 2 aromatic rings. The van der Waals surface area contributed by atoms with E-state index < -0.39 is 0 Å². The van der Waals surface area contributed by atoms with E-state index in [4.69, 9.17) is 0 Å². The smallest absolute Gasteiger partial charge is 0.221 e. The number of fused-ring (bicyclic) bond motifs is 1. The normalized spacial score (nSPS) is 11.0. The lowest BCUT2D eigenvalue weighted by atomic mass is 10.1. The number of nitrogens with one attached hydrogen (secondary N) is 2. The number of nitrogens with zero attached hydrogens (tertiary/aromatic N) is 1. The summed E-state index contributed by atoms with van der Waals surface area (Å²) in [4.78, 5) is 15.7. The Morgan fingerprint density at radius 3 is 2.95 bits per heavy atom. The van der Waals surface area contributed by atoms with Crippen molar-refractivity contribution in [2.75, 3.05) is 13.1 Å². The van der Waals surface area contributed by atoms with Crippen molar-refractivity contribution in [3.05, 3.63) is 42.2 Å². The molecule has 1 aromatic carbocycles. The van der Waals surface area contributed by atoms with Crippen LogP contribution in [0.3, 0.4) is 0 Å². The van der Waals surface area contributed by atoms with Crippen LogP contribution in [0.15, 0.2) is 36.7 Å². The summed E-state index contributed by atoms with van der Waals surface area (Å²) in [6, 6.07) is 8.23. The minimum Gasteiger partial charge on any atom is -0.356 e. The number of rotatable bonds is 7. The molecule has 4 heteroatoms. The number of carbonyl (C=O) groups excluding carboxylic acids is 1. The fourth-order valence-corrected chi connectivity index (χ4v) is 2.18. The highest BCUT2D eigenvalue weighted by atomic mass is 16.1. The van der Waals surface area contributed by atoms with Crippen molar-refractivity contribution in [3.63, 3.8) is 0 Å². The van der Waals surface area contributed by atoms with Gasteiger partial charge in [-0.15, -0.1) is 0 Å². The van der Waals surface area contributed by atoms with Crippen LogP contribution < -0.4 is 10.6 Å². The fourth-order valence-electron chi connectivity index (χ4n) is 2.18. The van der Waals surface area contributed by atoms with Crippen molar-refractivity contribution >= 4 is 16.7 Å². The number of hydrogen-bond acceptors (Lipinski definition) is 3. The van der Waals surface area contributed by atoms with E-state index in [9.17, 15) is 4.79 Å². The average Bonchev–Trinajstić information content (AvgIpc) is 2.49. The number of carbonyl (C=O) groups is 1. The van der Waals surface area contributed by atoms with Gasteiger partial charge < -0.3 is 10.6 Å². The summed E-state index contributed by atoms with van der Waals surface area (Å²) in [6.07, 6.45) is 4.20. The Morgan fingerprint density at radius 1 is 1.29 bits per heavy atom. The van der Waals surface area contributed by atoms with Crippen LogP contribution in [0.2, 0.25) is 0 Å². The summed E-state index contributed by atoms with van der Waals surface area (Å²) in [5.74, 6) is 0.601. The fraction of sp³-hybridized carbons (Fsp3) is 0.412. The predicted octanol–water partition coefficient (Wildman–Crippen LogP) is 2.49. The van der Waals surface area contributed by atoms with Crippen LogP contribution in [0.25, 0.3) is 10.8 Å². The molecule has 0 unspecified atom stereocenters. The molecule has 0 aliphatic heterocycles. The van der Waals surface area contributed by atoms with Gasteiger partial charge in [-0.25, -0.2) is 0 Å². The number of pyridine rings is 1. The first-order chi connectivity index (χ1) is 10.2. The molecule has 1 heterocycles. The highest BCUT2D eigenvalue weighted by Crippen LogP contribution is 2.16. The quantitative estimate of drug-likeness (QED) is 0.768. The lowest BCUT2D eigenvalue weighted by Crippen LogP contribution is -2.30. The van der Waals surface area contributed by atoms with E-state index in [0.717, 1.165) is 18.5 Å². The summed E-state index contributed by atoms with van der Waals surface area (Å²) in [5.41, 5.74) is 1.23. The first-order valence-electron chi connectivity index (χ1n) is 7.46. The topological polar surface area (TPSA) is 54.0 Å². The van der Waals surface area contributed by atoms with Crippen molar-refractivity contribution in [1.29, 1.82) is 0 Å². The zero-order chi connectivity index (χ0) is 15.1. The Morgan fingerprint density at radius 2 is 2.14 bits per heavy atom. The molecule has 1 amide bonds. The largest absolute Gasteiger partial charge is 0.356 e. The van der Waals surface area contributed by atoms with Crippen molar-refractivity contribution in [3.8, 4) is 0 Å². The summed E-state index contributed by atoms with van der Waals surface area (Å²) in [6.45, 7) is 6.38. The van der Waals surface area contributed by atoms with Gasteiger partial charge in [-0.1, -0.05) is 32.0 Å². The van der Waals surface area contributed by atoms with Crippen LogP contribution in [0.5, 0.6) is 0 Å². The van der Waals surface area contributed by atoms with Crippen LogP contribution in [0, 0.1) is 5.92 Å². The first kappa shape index (κ1) is 15.4. The standard InChI is InChI=1S/C17H23N3O/c1-13(2)10-20-17(21)7-9-19-12-15-5-3-4-14-11-18-8-6-16(14)15/h3-6,8,11,13,19H,7,9-10,12H2,1-2H3,(H,20,21). The Labute approximate surface area is 126 Å². The van der Waals surface area contributed by atoms with Gasteiger partial charge in [0.15, 0.2) is 0 Å². The van der Waals surface area contributed by atoms with Gasteiger partial charge in [-0.05, 0) is 22.9 Å². The van der Waals surface area contributed by atoms with Crippen LogP contribution in [-0.2, 0) is 11.3 Å². The summed E-state index contributed by atoms with van der Waals surface area (Å²) in [7, 11) is 0. The van der Waals surface area contributed by atoms with Gasteiger partial charge in [0, 0.05) is 43.8 Å². The Bertz CT molecular complexity index is 590. The van der Waals surface area contributed by atoms with Gasteiger partial charge in [0.1, 0.15) is 0 Å². The van der Waals surface area contributed by atoms with E-state index in [1.807, 2.05) is 24.5 Å². The molecule has 0 atom stereocenters. The molecule has 4 nitrogen and oxygen atoms in total. The maximum atomic E-state index is 11.6. The van der Waals surface area contributed by atoms with Crippen LogP contribution in [0.1, 0.15) is 25.8 Å². The molecule has 112 valence electrons. The maximum absolute atomic E-state index is 11.6. The highest BCUT2D eigenvalue weighted by molar-refractivity contribution is 5.84. The molecule has 0 spiro atoms. The van der Waals surface area contributed by atoms with Gasteiger partial charge in [-0.3, -0.25) is 9.78 Å². The van der Waals surface area contributed by atoms with Crippen LogP contribution in [-0.4, -0.2) is 24.0 Å². The average molecular weight is 285 g/mol. The molecule has 0 radical (unpaired) electrons. The molecular formula is C17H23N3O. The predicted molar refractivity (Wildman–Crippen MR) is 85.9 cm³/mol. The molecule has 21 heavy (non-hydrogen) atoms. The van der Waals surface area contributed by atoms with Gasteiger partial charge >= 0.3 is 0 Å². The van der Waals surface area contributed by atoms with Crippen LogP contribution >= 0.6 is 0 Å². The third-order valence-electron chi connectivity index (χ3n) is 3.32. The zero-order valence-corrected chi connectivity index (χ0v) is 12.7. The third-order valence-corrected chi connectivity index (χ3v) is 3.32. The second kappa shape index (κ2) is 7.74. The highest BCUT2D eigenvalue weighted by Gasteiger charge is 2.03. The lowest BCUT2D eigenvalue weighted by molar-refractivity contribution is -0.121. The Balaban J connectivity index is 1.79. The number of benzene rings is 1. The number of amides is 1. The second-order valence-electron chi connectivity index (χ2n) is 5.64. The van der Waals surface area contributed by atoms with E-state index in [-0.39, 0.29) is 5.91 Å². The van der Waals surface area contributed by atoms with Crippen molar-refractivity contribution in [2.45, 2.75) is 26.8 Å². The Kier molecular flexibility index (Phi) is 5.69. The van der Waals surface area contributed by atoms with Crippen LogP contribution in [0.4, 0.5) is 0 Å². The van der Waals surface area contributed by atoms with Gasteiger partial charge in [0.2, 0.25) is 5.91 Å². The molecule has 2 rings (SSSR count). The zero-order valence-electron chi connectivity index (χ0n) is 12.7. The third kappa shape index (κ3) is 4.83. The number of hydrogen-bond donors (Lipinski definition) is 2. The minimum atomic E-state index is 0.110. The monoisotopic (exact) mass is 285 g/mol. The number of aromatic nitrogens is 1. The molecular weight excluding hydrogens is 262 g/mol. The molecule has 0 saturated carbocycles. The molecule has 0 saturated heterocycles. The molecule has 2 N–H and O–H groups in total. The first-order valence-corrected chi connectivity index (χ1v) is 7.46. The van der Waals surface area contributed by atoms with Gasteiger partial charge in [-0.2, -0.15) is 0 Å². The van der Waals surface area contributed by atoms with E-state index in [1.54, 1.807) is 0 Å². The lowest BCUT2D eigenvalue weighted by Gasteiger charge is -2.09. The summed E-state index contributed by atoms with van der Waals surface area (Å²) < 4.78 is 0. The minimum absolute atomic E-state index is 0.110. The molecule has 0 fully saturated rings. The second-order valence-corrected chi connectivity index (χ2v) is 5.64. The maximum Gasteiger partial charge on any atom is 0.221 e. The van der Waals surface area contributed by atoms with E-state index >= 15 is 0 Å². The van der Waals surface area contributed by atoms with Crippen molar-refractivity contribution in [1.82, 2.24) is 15.6 Å². The molecule has 0 bridgehead atoms. The van der Waals surface area contributed by atoms with E-state index in [0.29, 0.717) is 18.9 Å². The van der Waals surface area contributed by atoms with E-state index in [2.05, 4.69) is 41.6 Å². The Hall–Kier alpha value is -1.94. The molecule has 1 aromatic heterocycles. The van der Waals surface area contributed by atoms with E-state index in [1.165, 1.54) is 10.9 Å². The summed E-state index contributed by atoms with van der Waals surface area (Å²) in [5, 5.41) is 8.61. The van der Waals surface area contributed by atoms with Gasteiger partial charge in [0.05, 0.1) is 0 Å².